The largest absolute Gasteiger partial charge is 0.513 e. The van der Waals surface area contributed by atoms with Crippen LogP contribution in [0.5, 0.6) is 11.5 Å². The summed E-state index contributed by atoms with van der Waals surface area (Å²) in [7, 11) is 2.76. The molecule has 0 aromatic heterocycles. The Labute approximate surface area is 133 Å². The summed E-state index contributed by atoms with van der Waals surface area (Å²) in [5.41, 5.74) is 0.865. The van der Waals surface area contributed by atoms with E-state index < -0.39 is 11.9 Å². The SMILES string of the molecule is COC(=O)Oc1ccccc1C(=O)C#Cc1ccc(OC)cc1. The van der Waals surface area contributed by atoms with E-state index >= 15 is 0 Å². The van der Waals surface area contributed by atoms with Crippen molar-refractivity contribution in [2.24, 2.45) is 0 Å². The van der Waals surface area contributed by atoms with Crippen LogP contribution >= 0.6 is 0 Å². The Morgan fingerprint density at radius 2 is 1.65 bits per heavy atom. The van der Waals surface area contributed by atoms with Gasteiger partial charge in [-0.25, -0.2) is 4.79 Å². The fourth-order valence-electron chi connectivity index (χ4n) is 1.75. The van der Waals surface area contributed by atoms with Crippen LogP contribution in [0, 0.1) is 11.8 Å². The van der Waals surface area contributed by atoms with Crippen LogP contribution in [0.1, 0.15) is 15.9 Å². The molecule has 0 heterocycles. The summed E-state index contributed by atoms with van der Waals surface area (Å²) < 4.78 is 14.4. The second-order valence-corrected chi connectivity index (χ2v) is 4.36. The molecule has 23 heavy (non-hydrogen) atoms. The Morgan fingerprint density at radius 3 is 2.30 bits per heavy atom. The lowest BCUT2D eigenvalue weighted by molar-refractivity contribution is 0.104. The molecule has 5 nitrogen and oxygen atoms in total. The van der Waals surface area contributed by atoms with E-state index in [1.54, 1.807) is 43.5 Å². The van der Waals surface area contributed by atoms with Crippen LogP contribution in [0.4, 0.5) is 4.79 Å². The highest BCUT2D eigenvalue weighted by atomic mass is 16.7. The molecule has 0 fully saturated rings. The summed E-state index contributed by atoms with van der Waals surface area (Å²) in [5.74, 6) is 5.64. The average molecular weight is 310 g/mol. The van der Waals surface area contributed by atoms with E-state index in [0.717, 1.165) is 0 Å². The van der Waals surface area contributed by atoms with E-state index in [1.807, 2.05) is 0 Å². The number of rotatable bonds is 3. The molecule has 0 atom stereocenters. The van der Waals surface area contributed by atoms with Crippen LogP contribution in [0.3, 0.4) is 0 Å². The van der Waals surface area contributed by atoms with Crippen molar-refractivity contribution < 1.29 is 23.8 Å². The molecule has 0 aliphatic heterocycles. The second kappa shape index (κ2) is 7.66. The normalized spacial score (nSPS) is 9.30. The van der Waals surface area contributed by atoms with Crippen LogP contribution in [-0.2, 0) is 4.74 Å². The summed E-state index contributed by atoms with van der Waals surface area (Å²) in [4.78, 5) is 23.4. The molecule has 0 radical (unpaired) electrons. The average Bonchev–Trinajstić information content (AvgIpc) is 2.60. The molecule has 0 aliphatic rings. The van der Waals surface area contributed by atoms with Gasteiger partial charge in [0, 0.05) is 5.56 Å². The molecule has 0 unspecified atom stereocenters. The third-order valence-electron chi connectivity index (χ3n) is 2.90. The van der Waals surface area contributed by atoms with Gasteiger partial charge in [0.1, 0.15) is 11.5 Å². The third-order valence-corrected chi connectivity index (χ3v) is 2.90. The van der Waals surface area contributed by atoms with Gasteiger partial charge in [-0.05, 0) is 42.3 Å². The van der Waals surface area contributed by atoms with Gasteiger partial charge in [-0.15, -0.1) is 0 Å². The van der Waals surface area contributed by atoms with Crippen molar-refractivity contribution in [3.63, 3.8) is 0 Å². The zero-order chi connectivity index (χ0) is 16.7. The highest BCUT2D eigenvalue weighted by Crippen LogP contribution is 2.19. The molecule has 0 amide bonds. The Kier molecular flexibility index (Phi) is 5.37. The van der Waals surface area contributed by atoms with Crippen molar-refractivity contribution in [3.05, 3.63) is 59.7 Å². The minimum Gasteiger partial charge on any atom is -0.497 e. The van der Waals surface area contributed by atoms with Crippen LogP contribution in [0.25, 0.3) is 0 Å². The van der Waals surface area contributed by atoms with Gasteiger partial charge in [-0.2, -0.15) is 0 Å². The van der Waals surface area contributed by atoms with Crippen molar-refractivity contribution in [1.29, 1.82) is 0 Å². The first-order valence-corrected chi connectivity index (χ1v) is 6.69. The first kappa shape index (κ1) is 16.1. The van der Waals surface area contributed by atoms with E-state index in [2.05, 4.69) is 16.6 Å². The molecule has 0 spiro atoms. The van der Waals surface area contributed by atoms with Gasteiger partial charge in [0.25, 0.3) is 0 Å². The third kappa shape index (κ3) is 4.35. The Balaban J connectivity index is 2.21. The molecular weight excluding hydrogens is 296 g/mol. The number of Topliss-reactive ketones (excluding diaryl/α,β-unsaturated/α-hetero) is 1. The van der Waals surface area contributed by atoms with Gasteiger partial charge in [-0.1, -0.05) is 18.1 Å². The van der Waals surface area contributed by atoms with E-state index in [0.29, 0.717) is 11.3 Å². The summed E-state index contributed by atoms with van der Waals surface area (Å²) >= 11 is 0. The molecule has 2 aromatic rings. The van der Waals surface area contributed by atoms with Gasteiger partial charge in [0.15, 0.2) is 0 Å². The molecular formula is C18H14O5. The Morgan fingerprint density at radius 1 is 0.957 bits per heavy atom. The van der Waals surface area contributed by atoms with Gasteiger partial charge in [0.05, 0.1) is 19.8 Å². The maximum atomic E-state index is 12.2. The van der Waals surface area contributed by atoms with Crippen molar-refractivity contribution in [2.75, 3.05) is 14.2 Å². The fourth-order valence-corrected chi connectivity index (χ4v) is 1.75. The standard InChI is InChI=1S/C18H14O5/c1-21-14-10-7-13(8-11-14)9-12-16(19)15-5-3-4-6-17(15)23-18(20)22-2/h3-8,10-11H,1-2H3. The first-order valence-electron chi connectivity index (χ1n) is 6.69. The van der Waals surface area contributed by atoms with E-state index in [1.165, 1.54) is 19.2 Å². The smallest absolute Gasteiger partial charge is 0.497 e. The highest BCUT2D eigenvalue weighted by Gasteiger charge is 2.13. The molecule has 0 saturated heterocycles. The van der Waals surface area contributed by atoms with Gasteiger partial charge in [-0.3, -0.25) is 4.79 Å². The minimum absolute atomic E-state index is 0.105. The molecule has 116 valence electrons. The predicted octanol–water partition coefficient (Wildman–Crippen LogP) is 3.07. The summed E-state index contributed by atoms with van der Waals surface area (Å²) in [6.45, 7) is 0. The van der Waals surface area contributed by atoms with E-state index in [4.69, 9.17) is 9.47 Å². The monoisotopic (exact) mass is 310 g/mol. The number of carbonyl (C=O) groups excluding carboxylic acids is 2. The molecule has 0 aliphatic carbocycles. The summed E-state index contributed by atoms with van der Waals surface area (Å²) in [6, 6.07) is 13.3. The lowest BCUT2D eigenvalue weighted by atomic mass is 10.1. The minimum atomic E-state index is -0.895. The number of hydrogen-bond acceptors (Lipinski definition) is 5. The molecule has 5 heteroatoms. The Bertz CT molecular complexity index is 766. The number of benzene rings is 2. The van der Waals surface area contributed by atoms with Crippen LogP contribution in [-0.4, -0.2) is 26.2 Å². The number of para-hydroxylation sites is 1. The summed E-state index contributed by atoms with van der Waals surface area (Å²) in [5, 5.41) is 0. The van der Waals surface area contributed by atoms with Crippen molar-refractivity contribution in [3.8, 4) is 23.3 Å². The van der Waals surface area contributed by atoms with Gasteiger partial charge >= 0.3 is 6.16 Å². The highest BCUT2D eigenvalue weighted by molar-refractivity contribution is 6.11. The van der Waals surface area contributed by atoms with Crippen molar-refractivity contribution in [2.45, 2.75) is 0 Å². The van der Waals surface area contributed by atoms with E-state index in [-0.39, 0.29) is 11.3 Å². The topological polar surface area (TPSA) is 61.8 Å². The molecule has 2 aromatic carbocycles. The Hall–Kier alpha value is -3.26. The van der Waals surface area contributed by atoms with Crippen LogP contribution in [0.15, 0.2) is 48.5 Å². The lowest BCUT2D eigenvalue weighted by Crippen LogP contribution is -2.10. The van der Waals surface area contributed by atoms with Gasteiger partial charge in [0.2, 0.25) is 5.78 Å². The van der Waals surface area contributed by atoms with Crippen molar-refractivity contribution in [1.82, 2.24) is 0 Å². The number of ether oxygens (including phenoxy) is 3. The maximum Gasteiger partial charge on any atom is 0.513 e. The number of methoxy groups -OCH3 is 2. The summed E-state index contributed by atoms with van der Waals surface area (Å²) in [6.07, 6.45) is -0.895. The molecule has 0 N–H and O–H groups in total. The number of hydrogen-bond donors (Lipinski definition) is 0. The zero-order valence-corrected chi connectivity index (χ0v) is 12.7. The lowest BCUT2D eigenvalue weighted by Gasteiger charge is -2.05. The zero-order valence-electron chi connectivity index (χ0n) is 12.7. The number of carbonyl (C=O) groups is 2. The second-order valence-electron chi connectivity index (χ2n) is 4.36. The van der Waals surface area contributed by atoms with Crippen LogP contribution < -0.4 is 9.47 Å². The molecule has 0 saturated carbocycles. The van der Waals surface area contributed by atoms with E-state index in [9.17, 15) is 9.59 Å². The first-order chi connectivity index (χ1) is 11.1. The molecule has 0 bridgehead atoms. The maximum absolute atomic E-state index is 12.2. The number of ketones is 1. The van der Waals surface area contributed by atoms with Gasteiger partial charge < -0.3 is 14.2 Å². The fraction of sp³-hybridized carbons (Fsp3) is 0.111. The van der Waals surface area contributed by atoms with Crippen LogP contribution in [0.2, 0.25) is 0 Å². The quantitative estimate of drug-likeness (QED) is 0.377. The van der Waals surface area contributed by atoms with Crippen molar-refractivity contribution >= 4 is 11.9 Å². The predicted molar refractivity (Wildman–Crippen MR) is 83.7 cm³/mol. The molecule has 2 rings (SSSR count).